The van der Waals surface area contributed by atoms with Crippen molar-refractivity contribution in [1.29, 1.82) is 0 Å². The number of piperazine rings is 1. The van der Waals surface area contributed by atoms with Gasteiger partial charge in [-0.05, 0) is 39.1 Å². The second-order valence-corrected chi connectivity index (χ2v) is 9.66. The molecule has 0 atom stereocenters. The molecule has 36 heavy (non-hydrogen) atoms. The summed E-state index contributed by atoms with van der Waals surface area (Å²) in [5.41, 5.74) is 0.757. The van der Waals surface area contributed by atoms with Crippen LogP contribution in [0.15, 0.2) is 35.3 Å². The fourth-order valence-electron chi connectivity index (χ4n) is 4.20. The van der Waals surface area contributed by atoms with Crippen molar-refractivity contribution in [1.82, 2.24) is 14.5 Å². The quantitative estimate of drug-likeness (QED) is 0.468. The zero-order valence-corrected chi connectivity index (χ0v) is 21.7. The zero-order valence-electron chi connectivity index (χ0n) is 21.0. The lowest BCUT2D eigenvalue weighted by Crippen LogP contribution is -2.44. The smallest absolute Gasteiger partial charge is 0.293 e. The number of aromatic nitrogens is 2. The largest absolute Gasteiger partial charge is 0.480 e. The second-order valence-electron chi connectivity index (χ2n) is 9.26. The van der Waals surface area contributed by atoms with Crippen LogP contribution in [0.2, 0.25) is 5.02 Å². The molecule has 8 nitrogen and oxygen atoms in total. The number of ketones is 1. The Morgan fingerprint density at radius 3 is 2.58 bits per heavy atom. The van der Waals surface area contributed by atoms with E-state index in [1.165, 1.54) is 10.6 Å². The van der Waals surface area contributed by atoms with Crippen LogP contribution >= 0.6 is 11.6 Å². The highest BCUT2D eigenvalue weighted by atomic mass is 35.5. The summed E-state index contributed by atoms with van der Waals surface area (Å²) in [6.07, 6.45) is 1.85. The Balaban J connectivity index is 1.72. The summed E-state index contributed by atoms with van der Waals surface area (Å²) in [6, 6.07) is 6.22. The molecule has 0 unspecified atom stereocenters. The minimum atomic E-state index is -0.553. The molecule has 1 fully saturated rings. The number of carbonyl (C=O) groups excluding carboxylic acids is 1. The maximum atomic E-state index is 15.8. The molecule has 3 aromatic rings. The van der Waals surface area contributed by atoms with E-state index in [0.29, 0.717) is 16.2 Å². The van der Waals surface area contributed by atoms with E-state index in [9.17, 15) is 9.59 Å². The lowest BCUT2D eigenvalue weighted by atomic mass is 10.1. The molecule has 1 aromatic carbocycles. The van der Waals surface area contributed by atoms with Crippen LogP contribution in [0.4, 0.5) is 21.6 Å². The highest BCUT2D eigenvalue weighted by Crippen LogP contribution is 2.33. The van der Waals surface area contributed by atoms with E-state index in [4.69, 9.17) is 16.3 Å². The fraction of sp³-hybridized carbons (Fsp3) is 0.423. The van der Waals surface area contributed by atoms with Crippen LogP contribution in [0, 0.1) is 5.82 Å². The van der Waals surface area contributed by atoms with Gasteiger partial charge in [0.2, 0.25) is 0 Å². The van der Waals surface area contributed by atoms with E-state index in [2.05, 4.69) is 27.1 Å². The van der Waals surface area contributed by atoms with E-state index >= 15 is 4.39 Å². The summed E-state index contributed by atoms with van der Waals surface area (Å²) in [6.45, 7) is 8.68. The number of fused-ring (bicyclic) bond motifs is 1. The molecule has 4 rings (SSSR count). The summed E-state index contributed by atoms with van der Waals surface area (Å²) in [5, 5.41) is 3.66. The van der Waals surface area contributed by atoms with Gasteiger partial charge in [0.15, 0.2) is 17.3 Å². The van der Waals surface area contributed by atoms with Gasteiger partial charge >= 0.3 is 0 Å². The van der Waals surface area contributed by atoms with Crippen LogP contribution in [0.1, 0.15) is 33.2 Å². The van der Waals surface area contributed by atoms with Gasteiger partial charge in [0.25, 0.3) is 5.56 Å². The summed E-state index contributed by atoms with van der Waals surface area (Å²) in [4.78, 5) is 33.6. The first-order chi connectivity index (χ1) is 17.2. The van der Waals surface area contributed by atoms with Crippen molar-refractivity contribution in [3.63, 3.8) is 0 Å². The second kappa shape index (κ2) is 10.8. The first-order valence-corrected chi connectivity index (χ1v) is 12.5. The number of pyridine rings is 2. The van der Waals surface area contributed by atoms with Gasteiger partial charge in [0.05, 0.1) is 28.1 Å². The average Bonchev–Trinajstić information content (AvgIpc) is 2.86. The maximum Gasteiger partial charge on any atom is 0.293 e. The molecule has 0 radical (unpaired) electrons. The number of nitrogens with one attached hydrogen (secondary N) is 1. The maximum absolute atomic E-state index is 15.8. The Hall–Kier alpha value is -3.17. The van der Waals surface area contributed by atoms with E-state index in [1.54, 1.807) is 25.3 Å². The number of halogens is 2. The van der Waals surface area contributed by atoms with Gasteiger partial charge in [-0.1, -0.05) is 18.5 Å². The van der Waals surface area contributed by atoms with Crippen LogP contribution in [0.25, 0.3) is 10.9 Å². The monoisotopic (exact) mass is 515 g/mol. The third-order valence-electron chi connectivity index (χ3n) is 6.36. The predicted molar refractivity (Wildman–Crippen MR) is 142 cm³/mol. The van der Waals surface area contributed by atoms with Crippen LogP contribution < -0.4 is 20.5 Å². The number of anilines is 3. The van der Waals surface area contributed by atoms with Gasteiger partial charge in [0.1, 0.15) is 12.4 Å². The number of ether oxygens (including phenoxy) is 1. The lowest BCUT2D eigenvalue weighted by molar-refractivity contribution is -0.120. The number of benzene rings is 1. The number of rotatable bonds is 8. The van der Waals surface area contributed by atoms with Gasteiger partial charge in [-0.25, -0.2) is 9.37 Å². The number of hydrogen-bond donors (Lipinski definition) is 1. The molecule has 1 N–H and O–H groups in total. The summed E-state index contributed by atoms with van der Waals surface area (Å²) >= 11 is 6.40. The van der Waals surface area contributed by atoms with Gasteiger partial charge < -0.3 is 24.4 Å². The van der Waals surface area contributed by atoms with Crippen molar-refractivity contribution < 1.29 is 13.9 Å². The van der Waals surface area contributed by atoms with E-state index in [1.807, 2.05) is 19.9 Å². The van der Waals surface area contributed by atoms with Crippen molar-refractivity contribution in [3.8, 4) is 5.75 Å². The number of carbonyl (C=O) groups is 1. The van der Waals surface area contributed by atoms with Crippen LogP contribution in [-0.4, -0.2) is 60.1 Å². The number of hydrogen-bond acceptors (Lipinski definition) is 7. The van der Waals surface area contributed by atoms with Crippen molar-refractivity contribution in [2.45, 2.75) is 33.2 Å². The Labute approximate surface area is 214 Å². The Morgan fingerprint density at radius 1 is 1.19 bits per heavy atom. The topological polar surface area (TPSA) is 79.7 Å². The van der Waals surface area contributed by atoms with Gasteiger partial charge in [-0.2, -0.15) is 0 Å². The van der Waals surface area contributed by atoms with Crippen LogP contribution in [-0.2, 0) is 4.79 Å². The third kappa shape index (κ3) is 5.32. The van der Waals surface area contributed by atoms with Crippen molar-refractivity contribution in [2.75, 3.05) is 50.1 Å². The first-order valence-electron chi connectivity index (χ1n) is 12.1. The Kier molecular flexibility index (Phi) is 7.80. The first kappa shape index (κ1) is 25.9. The molecule has 0 amide bonds. The fourth-order valence-corrected chi connectivity index (χ4v) is 4.35. The molecule has 3 heterocycles. The van der Waals surface area contributed by atoms with E-state index in [-0.39, 0.29) is 41.7 Å². The average molecular weight is 516 g/mol. The van der Waals surface area contributed by atoms with E-state index < -0.39 is 11.4 Å². The minimum Gasteiger partial charge on any atom is -0.480 e. The van der Waals surface area contributed by atoms with Crippen molar-refractivity contribution in [2.24, 2.45) is 0 Å². The lowest BCUT2D eigenvalue weighted by Gasteiger charge is -2.33. The SMILES string of the molecule is CCC(=O)COc1cc2c(F)c(Nc3cc(N4CCN(C)CC4)ncc3Cl)ccc2n(C(C)C)c1=O. The standard InChI is InChI=1S/C26H31ClFN5O3/c1-5-17(34)15-36-23-12-18-22(33(16(2)3)26(23)35)7-6-20(25(18)28)30-21-13-24(29-14-19(21)27)32-10-8-31(4)9-11-32/h6-7,12-14,16H,5,8-11,15H2,1-4H3,(H,29,30). The molecule has 1 aliphatic rings. The van der Waals surface area contributed by atoms with Gasteiger partial charge in [-0.15, -0.1) is 0 Å². The molecular weight excluding hydrogens is 485 g/mol. The number of Topliss-reactive ketones (excluding diaryl/α,β-unsaturated/α-hetero) is 1. The Morgan fingerprint density at radius 2 is 1.92 bits per heavy atom. The zero-order chi connectivity index (χ0) is 26.0. The summed E-state index contributed by atoms with van der Waals surface area (Å²) in [5.74, 6) is 0.00188. The molecule has 0 bridgehead atoms. The summed E-state index contributed by atoms with van der Waals surface area (Å²) in [7, 11) is 2.08. The molecule has 1 saturated heterocycles. The number of likely N-dealkylation sites (N-methyl/N-ethyl adjacent to an activating group) is 1. The molecule has 2 aromatic heterocycles. The molecule has 1 aliphatic heterocycles. The number of nitrogens with zero attached hydrogens (tertiary/aromatic N) is 4. The third-order valence-corrected chi connectivity index (χ3v) is 6.66. The molecule has 0 spiro atoms. The molecule has 0 aliphatic carbocycles. The van der Waals surface area contributed by atoms with Crippen molar-refractivity contribution >= 4 is 45.5 Å². The van der Waals surface area contributed by atoms with Gasteiger partial charge in [0, 0.05) is 50.1 Å². The highest BCUT2D eigenvalue weighted by molar-refractivity contribution is 6.33. The molecule has 192 valence electrons. The Bertz CT molecular complexity index is 1340. The molecule has 0 saturated carbocycles. The normalized spacial score (nSPS) is 14.5. The molecule has 10 heteroatoms. The van der Waals surface area contributed by atoms with Gasteiger partial charge in [-0.3, -0.25) is 9.59 Å². The van der Waals surface area contributed by atoms with E-state index in [0.717, 1.165) is 32.0 Å². The van der Waals surface area contributed by atoms with Crippen LogP contribution in [0.5, 0.6) is 5.75 Å². The van der Waals surface area contributed by atoms with Crippen LogP contribution in [0.3, 0.4) is 0 Å². The minimum absolute atomic E-state index is 0.0617. The summed E-state index contributed by atoms with van der Waals surface area (Å²) < 4.78 is 22.8. The predicted octanol–water partition coefficient (Wildman–Crippen LogP) is 4.62. The van der Waals surface area contributed by atoms with Crippen molar-refractivity contribution in [3.05, 3.63) is 51.7 Å². The molecular formula is C26H31ClFN5O3. The highest BCUT2D eigenvalue weighted by Gasteiger charge is 2.20.